The summed E-state index contributed by atoms with van der Waals surface area (Å²) in [5, 5.41) is 3.95. The van der Waals surface area contributed by atoms with Gasteiger partial charge in [0.25, 0.3) is 0 Å². The molecule has 0 heterocycles. The molecule has 2 aliphatic carbocycles. The van der Waals surface area contributed by atoms with Crippen LogP contribution in [0.1, 0.15) is 58.8 Å². The van der Waals surface area contributed by atoms with E-state index in [-0.39, 0.29) is 0 Å². The molecule has 5 atom stereocenters. The van der Waals surface area contributed by atoms with Crippen LogP contribution in [-0.4, -0.2) is 18.6 Å². The molecule has 0 bridgehead atoms. The van der Waals surface area contributed by atoms with Gasteiger partial charge in [-0.2, -0.15) is 0 Å². The molecule has 3 N–H and O–H groups in total. The normalized spacial score (nSPS) is 42.9. The predicted molar refractivity (Wildman–Crippen MR) is 73.9 cm³/mol. The highest BCUT2D eigenvalue weighted by molar-refractivity contribution is 4.91. The molecule has 0 saturated heterocycles. The number of nitrogens with one attached hydrogen (secondary N) is 1. The minimum Gasteiger partial charge on any atom is -0.330 e. The lowest BCUT2D eigenvalue weighted by Gasteiger charge is -2.35. The summed E-state index contributed by atoms with van der Waals surface area (Å²) < 4.78 is 0. The number of rotatable bonds is 4. The number of nitrogens with two attached hydrogens (primary N) is 1. The van der Waals surface area contributed by atoms with Crippen molar-refractivity contribution in [3.63, 3.8) is 0 Å². The molecule has 2 nitrogen and oxygen atoms in total. The molecular weight excluding hydrogens is 208 g/mol. The third-order valence-electron chi connectivity index (χ3n) is 5.39. The second-order valence-electron chi connectivity index (χ2n) is 6.26. The fraction of sp³-hybridized carbons (Fsp3) is 1.00. The van der Waals surface area contributed by atoms with Gasteiger partial charge in [0.2, 0.25) is 0 Å². The molecule has 2 rings (SSSR count). The minimum atomic E-state index is 0.705. The summed E-state index contributed by atoms with van der Waals surface area (Å²) >= 11 is 0. The molecule has 0 aromatic rings. The number of hydrogen-bond donors (Lipinski definition) is 2. The molecule has 0 aromatic carbocycles. The third kappa shape index (κ3) is 3.03. The van der Waals surface area contributed by atoms with E-state index in [1.165, 1.54) is 44.9 Å². The van der Waals surface area contributed by atoms with Crippen LogP contribution < -0.4 is 11.1 Å². The van der Waals surface area contributed by atoms with Crippen LogP contribution >= 0.6 is 0 Å². The standard InChI is InChI=1S/C15H30N2/c1-3-12-8-9-14(11(12)2)17-15-7-5-4-6-13(15)10-16/h11-15,17H,3-10,16H2,1-2H3. The van der Waals surface area contributed by atoms with E-state index in [1.54, 1.807) is 0 Å². The summed E-state index contributed by atoms with van der Waals surface area (Å²) in [6.07, 6.45) is 9.63. The molecule has 0 amide bonds. The van der Waals surface area contributed by atoms with E-state index in [9.17, 15) is 0 Å². The predicted octanol–water partition coefficient (Wildman–Crippen LogP) is 2.92. The van der Waals surface area contributed by atoms with E-state index in [0.717, 1.165) is 30.3 Å². The third-order valence-corrected chi connectivity index (χ3v) is 5.39. The maximum Gasteiger partial charge on any atom is 0.0110 e. The van der Waals surface area contributed by atoms with Gasteiger partial charge < -0.3 is 11.1 Å². The molecule has 0 aliphatic heterocycles. The zero-order valence-corrected chi connectivity index (χ0v) is 11.6. The fourth-order valence-corrected chi connectivity index (χ4v) is 4.04. The van der Waals surface area contributed by atoms with Crippen molar-refractivity contribution in [1.29, 1.82) is 0 Å². The first-order valence-electron chi connectivity index (χ1n) is 7.72. The molecule has 5 unspecified atom stereocenters. The molecule has 0 aromatic heterocycles. The summed E-state index contributed by atoms with van der Waals surface area (Å²) in [7, 11) is 0. The van der Waals surface area contributed by atoms with Crippen LogP contribution in [-0.2, 0) is 0 Å². The van der Waals surface area contributed by atoms with Gasteiger partial charge >= 0.3 is 0 Å². The van der Waals surface area contributed by atoms with Gasteiger partial charge in [-0.3, -0.25) is 0 Å². The van der Waals surface area contributed by atoms with Crippen LogP contribution in [0.4, 0.5) is 0 Å². The average molecular weight is 238 g/mol. The molecule has 0 spiro atoms. The van der Waals surface area contributed by atoms with Crippen LogP contribution in [0.3, 0.4) is 0 Å². The van der Waals surface area contributed by atoms with E-state index in [0.29, 0.717) is 6.04 Å². The maximum atomic E-state index is 5.92. The Labute approximate surface area is 107 Å². The Morgan fingerprint density at radius 2 is 1.76 bits per heavy atom. The van der Waals surface area contributed by atoms with Gasteiger partial charge in [0, 0.05) is 12.1 Å². The van der Waals surface area contributed by atoms with Gasteiger partial charge in [-0.15, -0.1) is 0 Å². The summed E-state index contributed by atoms with van der Waals surface area (Å²) in [4.78, 5) is 0. The zero-order valence-electron chi connectivity index (χ0n) is 11.6. The van der Waals surface area contributed by atoms with Crippen molar-refractivity contribution in [3.8, 4) is 0 Å². The van der Waals surface area contributed by atoms with Gasteiger partial charge in [-0.25, -0.2) is 0 Å². The summed E-state index contributed by atoms with van der Waals surface area (Å²) in [5.41, 5.74) is 5.92. The van der Waals surface area contributed by atoms with E-state index in [4.69, 9.17) is 5.73 Å². The lowest BCUT2D eigenvalue weighted by atomic mass is 9.83. The lowest BCUT2D eigenvalue weighted by molar-refractivity contribution is 0.224. The van der Waals surface area contributed by atoms with Crippen molar-refractivity contribution in [1.82, 2.24) is 5.32 Å². The van der Waals surface area contributed by atoms with Crippen molar-refractivity contribution in [3.05, 3.63) is 0 Å². The summed E-state index contributed by atoms with van der Waals surface area (Å²) in [5.74, 6) is 2.55. The zero-order chi connectivity index (χ0) is 12.3. The Morgan fingerprint density at radius 1 is 1.00 bits per heavy atom. The molecule has 2 heteroatoms. The first kappa shape index (κ1) is 13.4. The second-order valence-corrected chi connectivity index (χ2v) is 6.26. The van der Waals surface area contributed by atoms with Gasteiger partial charge in [0.15, 0.2) is 0 Å². The fourth-order valence-electron chi connectivity index (χ4n) is 4.04. The van der Waals surface area contributed by atoms with Crippen molar-refractivity contribution < 1.29 is 0 Å². The molecule has 2 fully saturated rings. The van der Waals surface area contributed by atoms with Gasteiger partial charge in [-0.05, 0) is 50.0 Å². The topological polar surface area (TPSA) is 38.0 Å². The van der Waals surface area contributed by atoms with Crippen LogP contribution in [0, 0.1) is 17.8 Å². The van der Waals surface area contributed by atoms with Crippen LogP contribution in [0.15, 0.2) is 0 Å². The first-order chi connectivity index (χ1) is 8.26. The average Bonchev–Trinajstić information content (AvgIpc) is 2.71. The van der Waals surface area contributed by atoms with Crippen molar-refractivity contribution in [2.75, 3.05) is 6.54 Å². The highest BCUT2D eigenvalue weighted by Crippen LogP contribution is 2.35. The van der Waals surface area contributed by atoms with Crippen molar-refractivity contribution in [2.24, 2.45) is 23.5 Å². The van der Waals surface area contributed by atoms with Crippen LogP contribution in [0.5, 0.6) is 0 Å². The second kappa shape index (κ2) is 6.19. The molecular formula is C15H30N2. The van der Waals surface area contributed by atoms with Crippen molar-refractivity contribution in [2.45, 2.75) is 70.9 Å². The van der Waals surface area contributed by atoms with Crippen molar-refractivity contribution >= 4 is 0 Å². The summed E-state index contributed by atoms with van der Waals surface area (Å²) in [6.45, 7) is 5.65. The molecule has 17 heavy (non-hydrogen) atoms. The Morgan fingerprint density at radius 3 is 2.41 bits per heavy atom. The lowest BCUT2D eigenvalue weighted by Crippen LogP contribution is -2.47. The Kier molecular flexibility index (Phi) is 4.87. The highest BCUT2D eigenvalue weighted by Gasteiger charge is 2.34. The Hall–Kier alpha value is -0.0800. The minimum absolute atomic E-state index is 0.705. The van der Waals surface area contributed by atoms with E-state index < -0.39 is 0 Å². The Bertz CT molecular complexity index is 229. The molecule has 100 valence electrons. The molecule has 2 saturated carbocycles. The smallest absolute Gasteiger partial charge is 0.0110 e. The van der Waals surface area contributed by atoms with Gasteiger partial charge in [0.1, 0.15) is 0 Å². The van der Waals surface area contributed by atoms with E-state index >= 15 is 0 Å². The SMILES string of the molecule is CCC1CCC(NC2CCCCC2CN)C1C. The van der Waals surface area contributed by atoms with E-state index in [2.05, 4.69) is 19.2 Å². The van der Waals surface area contributed by atoms with Gasteiger partial charge in [0.05, 0.1) is 0 Å². The quantitative estimate of drug-likeness (QED) is 0.790. The highest BCUT2D eigenvalue weighted by atomic mass is 15.0. The molecule has 2 aliphatic rings. The van der Waals surface area contributed by atoms with Crippen LogP contribution in [0.25, 0.3) is 0 Å². The van der Waals surface area contributed by atoms with E-state index in [1.807, 2.05) is 0 Å². The Balaban J connectivity index is 1.87. The van der Waals surface area contributed by atoms with Gasteiger partial charge in [-0.1, -0.05) is 33.1 Å². The largest absolute Gasteiger partial charge is 0.330 e. The van der Waals surface area contributed by atoms with Crippen LogP contribution in [0.2, 0.25) is 0 Å². The summed E-state index contributed by atoms with van der Waals surface area (Å²) in [6, 6.07) is 1.47. The maximum absolute atomic E-state index is 5.92. The monoisotopic (exact) mass is 238 g/mol. The first-order valence-corrected chi connectivity index (χ1v) is 7.72. The molecule has 0 radical (unpaired) electrons. The number of hydrogen-bond acceptors (Lipinski definition) is 2.